The SMILES string of the molecule is CCCSc1nc2c(c(=O)[nH]1)[C@@H](c1ccccc1)C(C(=O)OC)=C(C)N2. The van der Waals surface area contributed by atoms with Crippen LogP contribution < -0.4 is 10.9 Å². The normalized spacial score (nSPS) is 16.0. The minimum atomic E-state index is -0.527. The first-order valence-corrected chi connectivity index (χ1v) is 9.43. The summed E-state index contributed by atoms with van der Waals surface area (Å²) >= 11 is 1.50. The number of ether oxygens (including phenoxy) is 1. The standard InChI is InChI=1S/C19H21N3O3S/c1-4-10-26-19-21-16-15(17(23)22-19)14(12-8-6-5-7-9-12)13(11(2)20-16)18(24)25-3/h5-9,14H,4,10H2,1-3H3,(H2,20,21,22,23)/t14-/m0/s1. The summed E-state index contributed by atoms with van der Waals surface area (Å²) in [7, 11) is 1.34. The first-order valence-electron chi connectivity index (χ1n) is 8.44. The molecule has 3 rings (SSSR count). The number of benzene rings is 1. The molecule has 6 nitrogen and oxygen atoms in total. The third kappa shape index (κ3) is 3.39. The number of fused-ring (bicyclic) bond motifs is 1. The predicted molar refractivity (Wildman–Crippen MR) is 102 cm³/mol. The van der Waals surface area contributed by atoms with E-state index in [1.807, 2.05) is 30.3 Å². The molecule has 1 aliphatic rings. The van der Waals surface area contributed by atoms with Gasteiger partial charge in [0.25, 0.3) is 5.56 Å². The van der Waals surface area contributed by atoms with Gasteiger partial charge >= 0.3 is 5.97 Å². The lowest BCUT2D eigenvalue weighted by Crippen LogP contribution is -2.30. The highest BCUT2D eigenvalue weighted by atomic mass is 32.2. The monoisotopic (exact) mass is 371 g/mol. The Kier molecular flexibility index (Phi) is 5.46. The molecule has 0 radical (unpaired) electrons. The van der Waals surface area contributed by atoms with Crippen LogP contribution in [0.1, 0.15) is 37.3 Å². The van der Waals surface area contributed by atoms with Gasteiger partial charge in [-0.1, -0.05) is 49.0 Å². The Morgan fingerprint density at radius 2 is 2.04 bits per heavy atom. The van der Waals surface area contributed by atoms with E-state index in [2.05, 4.69) is 22.2 Å². The first-order chi connectivity index (χ1) is 12.6. The molecule has 0 bridgehead atoms. The highest BCUT2D eigenvalue weighted by Gasteiger charge is 2.36. The third-order valence-electron chi connectivity index (χ3n) is 4.20. The number of nitrogens with zero attached hydrogens (tertiary/aromatic N) is 1. The van der Waals surface area contributed by atoms with Crippen LogP contribution in [0.2, 0.25) is 0 Å². The summed E-state index contributed by atoms with van der Waals surface area (Å²) in [6.45, 7) is 3.87. The number of hydrogen-bond donors (Lipinski definition) is 2. The van der Waals surface area contributed by atoms with E-state index >= 15 is 0 Å². The number of esters is 1. The maximum atomic E-state index is 12.9. The van der Waals surface area contributed by atoms with Gasteiger partial charge in [0.05, 0.1) is 24.2 Å². The number of nitrogens with one attached hydrogen (secondary N) is 2. The van der Waals surface area contributed by atoms with Gasteiger partial charge in [-0.25, -0.2) is 9.78 Å². The molecular weight excluding hydrogens is 350 g/mol. The molecule has 1 aromatic carbocycles. The van der Waals surface area contributed by atoms with E-state index in [1.54, 1.807) is 6.92 Å². The number of H-pyrrole nitrogens is 1. The van der Waals surface area contributed by atoms with Gasteiger partial charge in [0, 0.05) is 11.4 Å². The van der Waals surface area contributed by atoms with Crippen molar-refractivity contribution in [2.24, 2.45) is 0 Å². The molecule has 2 aromatic rings. The molecule has 1 aromatic heterocycles. The Balaban J connectivity index is 2.19. The summed E-state index contributed by atoms with van der Waals surface area (Å²) in [5.41, 5.74) is 2.10. The molecule has 7 heteroatoms. The number of rotatable bonds is 5. The zero-order valence-corrected chi connectivity index (χ0v) is 15.8. The molecule has 26 heavy (non-hydrogen) atoms. The summed E-state index contributed by atoms with van der Waals surface area (Å²) in [6, 6.07) is 9.46. The van der Waals surface area contributed by atoms with Crippen molar-refractivity contribution in [2.45, 2.75) is 31.3 Å². The van der Waals surface area contributed by atoms with E-state index < -0.39 is 11.9 Å². The van der Waals surface area contributed by atoms with Gasteiger partial charge in [-0.15, -0.1) is 0 Å². The number of allylic oxidation sites excluding steroid dienone is 1. The highest BCUT2D eigenvalue weighted by Crippen LogP contribution is 2.39. The van der Waals surface area contributed by atoms with E-state index in [-0.39, 0.29) is 5.56 Å². The molecule has 0 amide bonds. The van der Waals surface area contributed by atoms with Crippen molar-refractivity contribution in [3.05, 3.63) is 63.1 Å². The molecule has 0 fully saturated rings. The average Bonchev–Trinajstić information content (AvgIpc) is 2.65. The number of aromatic amines is 1. The van der Waals surface area contributed by atoms with Crippen LogP contribution in [0.25, 0.3) is 0 Å². The number of carbonyl (C=O) groups is 1. The Morgan fingerprint density at radius 3 is 2.69 bits per heavy atom. The van der Waals surface area contributed by atoms with E-state index in [0.717, 1.165) is 17.7 Å². The van der Waals surface area contributed by atoms with Gasteiger partial charge < -0.3 is 15.0 Å². The zero-order chi connectivity index (χ0) is 18.7. The molecule has 0 saturated heterocycles. The first kappa shape index (κ1) is 18.3. The van der Waals surface area contributed by atoms with Crippen molar-refractivity contribution in [3.8, 4) is 0 Å². The average molecular weight is 371 g/mol. The summed E-state index contributed by atoms with van der Waals surface area (Å²) in [4.78, 5) is 32.7. The molecule has 0 saturated carbocycles. The van der Waals surface area contributed by atoms with Crippen LogP contribution in [0.15, 0.2) is 51.6 Å². The lowest BCUT2D eigenvalue weighted by atomic mass is 9.82. The third-order valence-corrected chi connectivity index (χ3v) is 5.28. The van der Waals surface area contributed by atoms with Crippen LogP contribution in [0.4, 0.5) is 5.82 Å². The van der Waals surface area contributed by atoms with Crippen LogP contribution in [-0.4, -0.2) is 28.8 Å². The van der Waals surface area contributed by atoms with Crippen molar-refractivity contribution >= 4 is 23.5 Å². The Bertz CT molecular complexity index is 906. The van der Waals surface area contributed by atoms with Crippen molar-refractivity contribution < 1.29 is 9.53 Å². The van der Waals surface area contributed by atoms with Crippen LogP contribution in [0.5, 0.6) is 0 Å². The maximum absolute atomic E-state index is 12.9. The van der Waals surface area contributed by atoms with Gasteiger partial charge in [0.2, 0.25) is 0 Å². The Morgan fingerprint density at radius 1 is 1.31 bits per heavy atom. The molecule has 1 atom stereocenters. The summed E-state index contributed by atoms with van der Waals surface area (Å²) in [5, 5.41) is 3.69. The number of carbonyl (C=O) groups excluding carboxylic acids is 1. The molecular formula is C19H21N3O3S. The zero-order valence-electron chi connectivity index (χ0n) is 15.0. The highest BCUT2D eigenvalue weighted by molar-refractivity contribution is 7.99. The van der Waals surface area contributed by atoms with Gasteiger partial charge in [0.1, 0.15) is 5.82 Å². The Labute approximate surface area is 156 Å². The van der Waals surface area contributed by atoms with Crippen molar-refractivity contribution in [2.75, 3.05) is 18.2 Å². The van der Waals surface area contributed by atoms with Crippen LogP contribution in [-0.2, 0) is 9.53 Å². The van der Waals surface area contributed by atoms with Crippen LogP contribution in [0.3, 0.4) is 0 Å². The molecule has 0 spiro atoms. The summed E-state index contributed by atoms with van der Waals surface area (Å²) < 4.78 is 4.97. The van der Waals surface area contributed by atoms with E-state index in [1.165, 1.54) is 18.9 Å². The molecule has 0 aliphatic carbocycles. The molecule has 2 N–H and O–H groups in total. The predicted octanol–water partition coefficient (Wildman–Crippen LogP) is 3.28. The van der Waals surface area contributed by atoms with E-state index in [4.69, 9.17) is 4.74 Å². The second kappa shape index (κ2) is 7.78. The van der Waals surface area contributed by atoms with Crippen molar-refractivity contribution in [3.63, 3.8) is 0 Å². The Hall–Kier alpha value is -2.54. The maximum Gasteiger partial charge on any atom is 0.336 e. The quantitative estimate of drug-likeness (QED) is 0.477. The van der Waals surface area contributed by atoms with Gasteiger partial charge in [-0.3, -0.25) is 4.79 Å². The minimum absolute atomic E-state index is 0.246. The van der Waals surface area contributed by atoms with Crippen LogP contribution >= 0.6 is 11.8 Å². The largest absolute Gasteiger partial charge is 0.466 e. The van der Waals surface area contributed by atoms with E-state index in [0.29, 0.717) is 27.8 Å². The van der Waals surface area contributed by atoms with Crippen molar-refractivity contribution in [1.29, 1.82) is 0 Å². The number of methoxy groups -OCH3 is 1. The second-order valence-electron chi connectivity index (χ2n) is 5.98. The fourth-order valence-electron chi connectivity index (χ4n) is 3.06. The fourth-order valence-corrected chi connectivity index (χ4v) is 3.78. The topological polar surface area (TPSA) is 84.1 Å². The van der Waals surface area contributed by atoms with Gasteiger partial charge in [0.15, 0.2) is 5.16 Å². The van der Waals surface area contributed by atoms with Gasteiger partial charge in [-0.2, -0.15) is 0 Å². The molecule has 136 valence electrons. The lowest BCUT2D eigenvalue weighted by Gasteiger charge is -2.28. The number of thioether (sulfide) groups is 1. The molecule has 0 unspecified atom stereocenters. The van der Waals surface area contributed by atoms with Crippen molar-refractivity contribution in [1.82, 2.24) is 9.97 Å². The molecule has 1 aliphatic heterocycles. The second-order valence-corrected chi connectivity index (χ2v) is 7.06. The van der Waals surface area contributed by atoms with Crippen LogP contribution in [0, 0.1) is 0 Å². The fraction of sp³-hybridized carbons (Fsp3) is 0.316. The number of hydrogen-bond acceptors (Lipinski definition) is 6. The minimum Gasteiger partial charge on any atom is -0.466 e. The van der Waals surface area contributed by atoms with Gasteiger partial charge in [-0.05, 0) is 18.9 Å². The smallest absolute Gasteiger partial charge is 0.336 e. The summed E-state index contributed by atoms with van der Waals surface area (Å²) in [6.07, 6.45) is 0.983. The summed E-state index contributed by atoms with van der Waals surface area (Å²) in [5.74, 6) is 0.373. The number of anilines is 1. The van der Waals surface area contributed by atoms with E-state index in [9.17, 15) is 9.59 Å². The lowest BCUT2D eigenvalue weighted by molar-refractivity contribution is -0.136. The number of aromatic nitrogens is 2. The molecule has 2 heterocycles.